The van der Waals surface area contributed by atoms with Gasteiger partial charge in [0.2, 0.25) is 0 Å². The molecular weight excluding hydrogens is 360 g/mol. The molecule has 1 saturated carbocycles. The number of pyridine rings is 1. The van der Waals surface area contributed by atoms with Crippen LogP contribution in [0.4, 0.5) is 5.69 Å². The molecule has 0 saturated heterocycles. The minimum Gasteiger partial charge on any atom is -0.464 e. The Labute approximate surface area is 172 Å². The van der Waals surface area contributed by atoms with Crippen LogP contribution in [0.3, 0.4) is 0 Å². The molecule has 4 rings (SSSR count). The summed E-state index contributed by atoms with van der Waals surface area (Å²) < 4.78 is 5.22. The fraction of sp³-hybridized carbons (Fsp3) is 0.360. The molecule has 150 valence electrons. The number of carbonyl (C=O) groups is 1. The lowest BCUT2D eigenvalue weighted by Crippen LogP contribution is -2.41. The summed E-state index contributed by atoms with van der Waals surface area (Å²) in [6, 6.07) is 15.1. The smallest absolute Gasteiger partial charge is 0.331 e. The normalized spacial score (nSPS) is 14.0. The predicted octanol–water partition coefficient (Wildman–Crippen LogP) is 5.46. The van der Waals surface area contributed by atoms with Crippen molar-refractivity contribution in [1.82, 2.24) is 4.98 Å². The number of benzene rings is 2. The Kier molecular flexibility index (Phi) is 5.27. The van der Waals surface area contributed by atoms with E-state index in [1.807, 2.05) is 33.0 Å². The van der Waals surface area contributed by atoms with E-state index in [2.05, 4.69) is 46.7 Å². The highest BCUT2D eigenvalue weighted by molar-refractivity contribution is 5.90. The van der Waals surface area contributed by atoms with Crippen molar-refractivity contribution < 1.29 is 9.53 Å². The molecule has 1 N–H and O–H groups in total. The van der Waals surface area contributed by atoms with E-state index in [1.54, 1.807) is 6.20 Å². The lowest BCUT2D eigenvalue weighted by atomic mass is 9.93. The molecule has 29 heavy (non-hydrogen) atoms. The molecule has 0 spiro atoms. The van der Waals surface area contributed by atoms with E-state index < -0.39 is 5.54 Å². The SMILES string of the molecule is CCOC(=O)C(C)(C)Nc1ccncc1Cc1ccc(C2CC2)c2ccccc12. The Bertz CT molecular complexity index is 1040. The molecule has 3 aromatic rings. The second-order valence-electron chi connectivity index (χ2n) is 8.31. The zero-order valence-electron chi connectivity index (χ0n) is 17.4. The number of fused-ring (bicyclic) bond motifs is 1. The molecule has 0 radical (unpaired) electrons. The van der Waals surface area contributed by atoms with E-state index in [1.165, 1.54) is 34.7 Å². The van der Waals surface area contributed by atoms with Gasteiger partial charge < -0.3 is 10.1 Å². The Morgan fingerprint density at radius 3 is 2.59 bits per heavy atom. The third-order valence-corrected chi connectivity index (χ3v) is 5.58. The van der Waals surface area contributed by atoms with Crippen LogP contribution >= 0.6 is 0 Å². The number of rotatable bonds is 7. The van der Waals surface area contributed by atoms with E-state index in [0.29, 0.717) is 6.61 Å². The third kappa shape index (κ3) is 4.12. The number of ether oxygens (including phenoxy) is 1. The summed E-state index contributed by atoms with van der Waals surface area (Å²) >= 11 is 0. The van der Waals surface area contributed by atoms with Gasteiger partial charge in [-0.1, -0.05) is 36.4 Å². The Morgan fingerprint density at radius 1 is 1.10 bits per heavy atom. The van der Waals surface area contributed by atoms with Crippen LogP contribution in [0, 0.1) is 0 Å². The van der Waals surface area contributed by atoms with E-state index in [0.717, 1.165) is 23.6 Å². The van der Waals surface area contributed by atoms with Gasteiger partial charge in [-0.3, -0.25) is 4.98 Å². The van der Waals surface area contributed by atoms with Crippen molar-refractivity contribution in [1.29, 1.82) is 0 Å². The fourth-order valence-electron chi connectivity index (χ4n) is 3.88. The van der Waals surface area contributed by atoms with E-state index in [4.69, 9.17) is 4.74 Å². The molecular formula is C25H28N2O2. The summed E-state index contributed by atoms with van der Waals surface area (Å²) in [6.45, 7) is 5.87. The molecule has 0 aliphatic heterocycles. The molecule has 1 fully saturated rings. The van der Waals surface area contributed by atoms with Crippen LogP contribution in [0.15, 0.2) is 54.9 Å². The largest absolute Gasteiger partial charge is 0.464 e. The van der Waals surface area contributed by atoms with Gasteiger partial charge in [-0.05, 0) is 73.1 Å². The van der Waals surface area contributed by atoms with Crippen LogP contribution in [0.5, 0.6) is 0 Å². The predicted molar refractivity (Wildman–Crippen MR) is 117 cm³/mol. The maximum atomic E-state index is 12.3. The lowest BCUT2D eigenvalue weighted by Gasteiger charge is -2.26. The molecule has 1 aromatic heterocycles. The van der Waals surface area contributed by atoms with Crippen LogP contribution in [0.25, 0.3) is 10.8 Å². The molecule has 1 aliphatic carbocycles. The molecule has 4 heteroatoms. The van der Waals surface area contributed by atoms with Crippen LogP contribution < -0.4 is 5.32 Å². The average Bonchev–Trinajstić information content (AvgIpc) is 3.55. The van der Waals surface area contributed by atoms with Crippen molar-refractivity contribution >= 4 is 22.4 Å². The number of esters is 1. The van der Waals surface area contributed by atoms with E-state index >= 15 is 0 Å². The molecule has 0 atom stereocenters. The number of carbonyl (C=O) groups excluding carboxylic acids is 1. The van der Waals surface area contributed by atoms with Gasteiger partial charge in [0.25, 0.3) is 0 Å². The first kappa shape index (κ1) is 19.4. The summed E-state index contributed by atoms with van der Waals surface area (Å²) in [5.41, 5.74) is 3.90. The zero-order chi connectivity index (χ0) is 20.4. The van der Waals surface area contributed by atoms with Crippen LogP contribution in [-0.4, -0.2) is 23.1 Å². The Balaban J connectivity index is 1.66. The molecule has 0 unspecified atom stereocenters. The molecule has 1 heterocycles. The number of anilines is 1. The number of aromatic nitrogens is 1. The van der Waals surface area contributed by atoms with Crippen molar-refractivity contribution in [3.8, 4) is 0 Å². The molecule has 0 amide bonds. The van der Waals surface area contributed by atoms with Crippen LogP contribution in [0.2, 0.25) is 0 Å². The Morgan fingerprint density at radius 2 is 1.86 bits per heavy atom. The zero-order valence-corrected chi connectivity index (χ0v) is 17.4. The van der Waals surface area contributed by atoms with Crippen molar-refractivity contribution in [3.05, 3.63) is 71.5 Å². The van der Waals surface area contributed by atoms with Gasteiger partial charge in [-0.25, -0.2) is 4.79 Å². The maximum Gasteiger partial charge on any atom is 0.331 e. The molecule has 1 aliphatic rings. The van der Waals surface area contributed by atoms with Gasteiger partial charge in [0, 0.05) is 24.5 Å². The van der Waals surface area contributed by atoms with Gasteiger partial charge in [-0.2, -0.15) is 0 Å². The minimum absolute atomic E-state index is 0.262. The number of hydrogen-bond acceptors (Lipinski definition) is 4. The van der Waals surface area contributed by atoms with Crippen molar-refractivity contribution in [2.24, 2.45) is 0 Å². The van der Waals surface area contributed by atoms with Gasteiger partial charge in [0.05, 0.1) is 6.61 Å². The highest BCUT2D eigenvalue weighted by Gasteiger charge is 2.30. The summed E-state index contributed by atoms with van der Waals surface area (Å²) in [7, 11) is 0. The van der Waals surface area contributed by atoms with Crippen molar-refractivity contribution in [3.63, 3.8) is 0 Å². The lowest BCUT2D eigenvalue weighted by molar-refractivity contribution is -0.147. The number of nitrogens with zero attached hydrogens (tertiary/aromatic N) is 1. The summed E-state index contributed by atoms with van der Waals surface area (Å²) in [6.07, 6.45) is 6.97. The fourth-order valence-corrected chi connectivity index (χ4v) is 3.88. The van der Waals surface area contributed by atoms with Gasteiger partial charge in [-0.15, -0.1) is 0 Å². The van der Waals surface area contributed by atoms with E-state index in [-0.39, 0.29) is 5.97 Å². The minimum atomic E-state index is -0.815. The average molecular weight is 389 g/mol. The van der Waals surface area contributed by atoms with Crippen molar-refractivity contribution in [2.45, 2.75) is 51.5 Å². The third-order valence-electron chi connectivity index (χ3n) is 5.58. The van der Waals surface area contributed by atoms with Gasteiger partial charge in [0.1, 0.15) is 5.54 Å². The van der Waals surface area contributed by atoms with Crippen molar-refractivity contribution in [2.75, 3.05) is 11.9 Å². The first-order valence-corrected chi connectivity index (χ1v) is 10.4. The number of nitrogens with one attached hydrogen (secondary N) is 1. The summed E-state index contributed by atoms with van der Waals surface area (Å²) in [5, 5.41) is 6.03. The number of hydrogen-bond donors (Lipinski definition) is 1. The second-order valence-corrected chi connectivity index (χ2v) is 8.31. The van der Waals surface area contributed by atoms with Gasteiger partial charge in [0.15, 0.2) is 0 Å². The monoisotopic (exact) mass is 388 g/mol. The molecule has 0 bridgehead atoms. The first-order valence-electron chi connectivity index (χ1n) is 10.4. The molecule has 4 nitrogen and oxygen atoms in total. The quantitative estimate of drug-likeness (QED) is 0.546. The van der Waals surface area contributed by atoms with E-state index in [9.17, 15) is 4.79 Å². The summed E-state index contributed by atoms with van der Waals surface area (Å²) in [4.78, 5) is 16.7. The highest BCUT2D eigenvalue weighted by Crippen LogP contribution is 2.43. The second kappa shape index (κ2) is 7.86. The highest BCUT2D eigenvalue weighted by atomic mass is 16.5. The standard InChI is InChI=1S/C25H28N2O2/c1-4-29-24(28)25(2,3)27-23-13-14-26-16-19(23)15-18-11-12-21(17-9-10-17)22-8-6-5-7-20(18)22/h5-8,11-14,16-17H,4,9-10,15H2,1-3H3,(H,26,27). The van der Waals surface area contributed by atoms with Crippen LogP contribution in [-0.2, 0) is 16.0 Å². The Hall–Kier alpha value is -2.88. The maximum absolute atomic E-state index is 12.3. The van der Waals surface area contributed by atoms with Gasteiger partial charge >= 0.3 is 5.97 Å². The molecule has 2 aromatic carbocycles. The van der Waals surface area contributed by atoms with Crippen LogP contribution in [0.1, 0.15) is 56.2 Å². The first-order chi connectivity index (χ1) is 14.0. The topological polar surface area (TPSA) is 51.2 Å². The summed E-state index contributed by atoms with van der Waals surface area (Å²) in [5.74, 6) is 0.456.